The van der Waals surface area contributed by atoms with E-state index in [9.17, 15) is 4.79 Å². The molecule has 0 fully saturated rings. The number of ether oxygens (including phenoxy) is 3. The molecule has 164 valence electrons. The molecule has 32 heavy (non-hydrogen) atoms. The molecule has 0 aliphatic heterocycles. The Kier molecular flexibility index (Phi) is 5.98. The molecule has 2 N–H and O–H groups in total. The molecule has 1 heterocycles. The molecule has 4 rings (SSSR count). The number of alkyl carbamates (subject to hydrolysis) is 1. The van der Waals surface area contributed by atoms with E-state index in [2.05, 4.69) is 16.7 Å². The van der Waals surface area contributed by atoms with Crippen molar-refractivity contribution in [1.29, 1.82) is 0 Å². The lowest BCUT2D eigenvalue weighted by Crippen LogP contribution is -2.18. The van der Waals surface area contributed by atoms with Crippen LogP contribution in [0.4, 0.5) is 16.2 Å². The minimum atomic E-state index is -0.457. The molecule has 0 unspecified atom stereocenters. The van der Waals surface area contributed by atoms with Crippen LogP contribution in [0, 0.1) is 6.92 Å². The Labute approximate surface area is 186 Å². The molecular formula is C25H25N3O4. The monoisotopic (exact) mass is 431 g/mol. The predicted octanol–water partition coefficient (Wildman–Crippen LogP) is 5.31. The summed E-state index contributed by atoms with van der Waals surface area (Å²) in [5.41, 5.74) is 5.44. The molecule has 7 nitrogen and oxygen atoms in total. The number of methoxy groups -OCH3 is 2. The van der Waals surface area contributed by atoms with Crippen molar-refractivity contribution in [2.75, 3.05) is 26.6 Å². The lowest BCUT2D eigenvalue weighted by molar-refractivity contribution is 0.142. The summed E-state index contributed by atoms with van der Waals surface area (Å²) in [4.78, 5) is 16.1. The van der Waals surface area contributed by atoms with Crippen LogP contribution >= 0.6 is 0 Å². The van der Waals surface area contributed by atoms with E-state index in [0.29, 0.717) is 0 Å². The Balaban J connectivity index is 1.78. The van der Waals surface area contributed by atoms with Crippen LogP contribution in [0.25, 0.3) is 21.8 Å². The largest absolute Gasteiger partial charge is 0.497 e. The number of aromatic nitrogens is 1. The van der Waals surface area contributed by atoms with E-state index in [1.807, 2.05) is 55.5 Å². The number of anilines is 2. The molecule has 7 heteroatoms. The Hall–Kier alpha value is -4.00. The van der Waals surface area contributed by atoms with Gasteiger partial charge >= 0.3 is 6.09 Å². The summed E-state index contributed by atoms with van der Waals surface area (Å²) in [6.45, 7) is 2.22. The van der Waals surface area contributed by atoms with Crippen molar-refractivity contribution >= 4 is 39.3 Å². The van der Waals surface area contributed by atoms with Crippen molar-refractivity contribution in [2.24, 2.45) is 0 Å². The first-order valence-electron chi connectivity index (χ1n) is 10.2. The van der Waals surface area contributed by atoms with Gasteiger partial charge in [0.05, 0.1) is 30.9 Å². The van der Waals surface area contributed by atoms with E-state index >= 15 is 0 Å². The summed E-state index contributed by atoms with van der Waals surface area (Å²) in [7, 11) is 4.84. The number of hydrogen-bond acceptors (Lipinski definition) is 6. The molecule has 0 aliphatic rings. The summed E-state index contributed by atoms with van der Waals surface area (Å²) in [6.07, 6.45) is -0.457. The second kappa shape index (κ2) is 9.01. The van der Waals surface area contributed by atoms with Crippen LogP contribution in [0.5, 0.6) is 11.5 Å². The van der Waals surface area contributed by atoms with E-state index in [1.165, 1.54) is 7.05 Å². The number of fused-ring (bicyclic) bond motifs is 2. The molecule has 0 aliphatic carbocycles. The molecule has 3 aromatic carbocycles. The Morgan fingerprint density at radius 1 is 0.938 bits per heavy atom. The predicted molar refractivity (Wildman–Crippen MR) is 126 cm³/mol. The summed E-state index contributed by atoms with van der Waals surface area (Å²) in [6, 6.07) is 17.6. The average molecular weight is 431 g/mol. The van der Waals surface area contributed by atoms with Gasteiger partial charge in [0.15, 0.2) is 0 Å². The van der Waals surface area contributed by atoms with Gasteiger partial charge in [-0.25, -0.2) is 9.78 Å². The number of nitrogens with zero attached hydrogens (tertiary/aromatic N) is 1. The molecule has 0 atom stereocenters. The summed E-state index contributed by atoms with van der Waals surface area (Å²) >= 11 is 0. The van der Waals surface area contributed by atoms with E-state index in [1.54, 1.807) is 14.2 Å². The van der Waals surface area contributed by atoms with Crippen LogP contribution in [-0.4, -0.2) is 32.3 Å². The first kappa shape index (κ1) is 21.2. The zero-order chi connectivity index (χ0) is 22.7. The molecule has 1 aromatic heterocycles. The quantitative estimate of drug-likeness (QED) is 0.403. The number of aryl methyl sites for hydroxylation is 1. The number of hydrogen-bond donors (Lipinski definition) is 2. The second-order valence-corrected chi connectivity index (χ2v) is 7.36. The van der Waals surface area contributed by atoms with E-state index in [0.717, 1.165) is 55.8 Å². The third kappa shape index (κ3) is 4.23. The normalized spacial score (nSPS) is 10.8. The van der Waals surface area contributed by atoms with Crippen LogP contribution in [0.1, 0.15) is 11.1 Å². The van der Waals surface area contributed by atoms with Gasteiger partial charge < -0.3 is 24.8 Å². The average Bonchev–Trinajstić information content (AvgIpc) is 2.82. The van der Waals surface area contributed by atoms with Gasteiger partial charge in [-0.3, -0.25) is 0 Å². The number of rotatable bonds is 6. The summed E-state index contributed by atoms with van der Waals surface area (Å²) < 4.78 is 16.1. The van der Waals surface area contributed by atoms with Crippen molar-refractivity contribution < 1.29 is 19.0 Å². The smallest absolute Gasteiger partial charge is 0.407 e. The maximum atomic E-state index is 11.3. The first-order valence-corrected chi connectivity index (χ1v) is 10.2. The highest BCUT2D eigenvalue weighted by Gasteiger charge is 2.13. The standard InChI is InChI=1S/C25H25N3O4/c1-15-11-19-22(13-23(15)31-4)28-21-10-9-18(30-3)12-20(21)24(19)27-17-7-5-16(6-8-17)14-32-25(29)26-2/h5-13H,14H2,1-4H3,(H,26,29)(H,27,28). The Morgan fingerprint density at radius 2 is 1.69 bits per heavy atom. The minimum Gasteiger partial charge on any atom is -0.497 e. The Bertz CT molecular complexity index is 1290. The number of carbonyl (C=O) groups is 1. The van der Waals surface area contributed by atoms with Gasteiger partial charge in [0.25, 0.3) is 0 Å². The maximum absolute atomic E-state index is 11.3. The van der Waals surface area contributed by atoms with Crippen molar-refractivity contribution in [3.05, 3.63) is 65.7 Å². The van der Waals surface area contributed by atoms with Crippen molar-refractivity contribution in [2.45, 2.75) is 13.5 Å². The zero-order valence-electron chi connectivity index (χ0n) is 18.5. The Morgan fingerprint density at radius 3 is 2.38 bits per heavy atom. The molecule has 1 amide bonds. The minimum absolute atomic E-state index is 0.206. The number of carbonyl (C=O) groups excluding carboxylic acids is 1. The van der Waals surface area contributed by atoms with Crippen molar-refractivity contribution in [1.82, 2.24) is 10.3 Å². The van der Waals surface area contributed by atoms with Crippen LogP contribution < -0.4 is 20.1 Å². The SMILES string of the molecule is CNC(=O)OCc1ccc(Nc2c3cc(OC)ccc3nc3cc(OC)c(C)cc23)cc1. The lowest BCUT2D eigenvalue weighted by Gasteiger charge is -2.16. The molecule has 0 saturated carbocycles. The van der Waals surface area contributed by atoms with E-state index < -0.39 is 6.09 Å². The fraction of sp³-hybridized carbons (Fsp3) is 0.200. The van der Waals surface area contributed by atoms with Crippen LogP contribution in [-0.2, 0) is 11.3 Å². The molecule has 0 bridgehead atoms. The topological polar surface area (TPSA) is 81.7 Å². The highest BCUT2D eigenvalue weighted by Crippen LogP contribution is 2.37. The molecule has 0 spiro atoms. The third-order valence-electron chi connectivity index (χ3n) is 5.29. The highest BCUT2D eigenvalue weighted by atomic mass is 16.5. The molecule has 0 radical (unpaired) electrons. The summed E-state index contributed by atoms with van der Waals surface area (Å²) in [5, 5.41) is 7.92. The fourth-order valence-corrected chi connectivity index (χ4v) is 3.59. The van der Waals surface area contributed by atoms with Crippen LogP contribution in [0.15, 0.2) is 54.6 Å². The van der Waals surface area contributed by atoms with Crippen LogP contribution in [0.3, 0.4) is 0 Å². The first-order chi connectivity index (χ1) is 15.5. The number of pyridine rings is 1. The highest BCUT2D eigenvalue weighted by molar-refractivity contribution is 6.09. The zero-order valence-corrected chi connectivity index (χ0v) is 18.5. The second-order valence-electron chi connectivity index (χ2n) is 7.36. The van der Waals surface area contributed by atoms with Crippen molar-refractivity contribution in [3.63, 3.8) is 0 Å². The number of benzene rings is 3. The molecular weight excluding hydrogens is 406 g/mol. The van der Waals surface area contributed by atoms with Gasteiger partial charge in [0.2, 0.25) is 0 Å². The lowest BCUT2D eigenvalue weighted by atomic mass is 10.0. The van der Waals surface area contributed by atoms with Gasteiger partial charge in [0, 0.05) is 29.6 Å². The van der Waals surface area contributed by atoms with Gasteiger partial charge in [-0.1, -0.05) is 12.1 Å². The third-order valence-corrected chi connectivity index (χ3v) is 5.29. The van der Waals surface area contributed by atoms with E-state index in [4.69, 9.17) is 19.2 Å². The number of nitrogens with one attached hydrogen (secondary N) is 2. The fourth-order valence-electron chi connectivity index (χ4n) is 3.59. The maximum Gasteiger partial charge on any atom is 0.407 e. The summed E-state index contributed by atoms with van der Waals surface area (Å²) in [5.74, 6) is 1.55. The van der Waals surface area contributed by atoms with Crippen LogP contribution in [0.2, 0.25) is 0 Å². The molecule has 0 saturated heterocycles. The van der Waals surface area contributed by atoms with Crippen molar-refractivity contribution in [3.8, 4) is 11.5 Å². The number of amides is 1. The molecule has 4 aromatic rings. The van der Waals surface area contributed by atoms with Gasteiger partial charge in [0.1, 0.15) is 18.1 Å². The van der Waals surface area contributed by atoms with E-state index in [-0.39, 0.29) is 6.61 Å². The van der Waals surface area contributed by atoms with Gasteiger partial charge in [-0.2, -0.15) is 0 Å². The van der Waals surface area contributed by atoms with Gasteiger partial charge in [-0.15, -0.1) is 0 Å². The van der Waals surface area contributed by atoms with Gasteiger partial charge in [-0.05, 0) is 54.4 Å².